The molecule has 2 bridgehead atoms. The van der Waals surface area contributed by atoms with Gasteiger partial charge in [-0.15, -0.1) is 0 Å². The van der Waals surface area contributed by atoms with Crippen molar-refractivity contribution >= 4 is 0 Å². The Hall–Kier alpha value is -0.120. The van der Waals surface area contributed by atoms with Crippen LogP contribution in [0.1, 0.15) is 12.8 Å². The van der Waals surface area contributed by atoms with Gasteiger partial charge in [-0.1, -0.05) is 0 Å². The van der Waals surface area contributed by atoms with Crippen molar-refractivity contribution in [3.63, 3.8) is 0 Å². The summed E-state index contributed by atoms with van der Waals surface area (Å²) < 4.78 is 5.49. The van der Waals surface area contributed by atoms with Gasteiger partial charge in [0.15, 0.2) is 0 Å². The summed E-state index contributed by atoms with van der Waals surface area (Å²) in [5, 5.41) is 9.46. The van der Waals surface area contributed by atoms with Gasteiger partial charge in [0.1, 0.15) is 12.2 Å². The Balaban J connectivity index is 1.90. The summed E-state index contributed by atoms with van der Waals surface area (Å²) in [5.74, 6) is 0. The van der Waals surface area contributed by atoms with Crippen molar-refractivity contribution in [1.82, 2.24) is 4.90 Å². The van der Waals surface area contributed by atoms with Gasteiger partial charge in [-0.25, -0.2) is 0 Å². The van der Waals surface area contributed by atoms with Crippen molar-refractivity contribution in [2.24, 2.45) is 0 Å². The van der Waals surface area contributed by atoms with Crippen molar-refractivity contribution in [3.8, 4) is 0 Å². The Kier molecular flexibility index (Phi) is 1.04. The summed E-state index contributed by atoms with van der Waals surface area (Å²) in [6.45, 7) is 0. The highest BCUT2D eigenvalue weighted by atomic mass is 16.6. The first-order valence-electron chi connectivity index (χ1n) is 4.33. The summed E-state index contributed by atoms with van der Waals surface area (Å²) in [7, 11) is 2.15. The van der Waals surface area contributed by atoms with Gasteiger partial charge >= 0.3 is 0 Å². The lowest BCUT2D eigenvalue weighted by atomic mass is 10.00. The maximum atomic E-state index is 9.46. The van der Waals surface area contributed by atoms with E-state index in [2.05, 4.69) is 11.9 Å². The molecule has 0 aromatic carbocycles. The molecule has 0 amide bonds. The SMILES string of the molecule is CN1[C@@H]2C[C@H](O)C[C@H]1[C@H]1O[C@H]12. The highest BCUT2D eigenvalue weighted by Crippen LogP contribution is 2.47. The zero-order valence-corrected chi connectivity index (χ0v) is 6.60. The molecule has 0 aromatic heterocycles. The van der Waals surface area contributed by atoms with Crippen molar-refractivity contribution < 1.29 is 9.84 Å². The molecule has 0 aliphatic carbocycles. The summed E-state index contributed by atoms with van der Waals surface area (Å²) in [6.07, 6.45) is 2.67. The van der Waals surface area contributed by atoms with Crippen molar-refractivity contribution in [2.45, 2.75) is 43.2 Å². The van der Waals surface area contributed by atoms with E-state index in [4.69, 9.17) is 4.74 Å². The minimum Gasteiger partial charge on any atom is -0.393 e. The Morgan fingerprint density at radius 1 is 1.27 bits per heavy atom. The van der Waals surface area contributed by atoms with Crippen LogP contribution >= 0.6 is 0 Å². The van der Waals surface area contributed by atoms with Gasteiger partial charge in [-0.2, -0.15) is 0 Å². The second-order valence-corrected chi connectivity index (χ2v) is 3.99. The van der Waals surface area contributed by atoms with E-state index < -0.39 is 0 Å². The van der Waals surface area contributed by atoms with E-state index in [0.717, 1.165) is 12.8 Å². The molecular formula is C8H13NO2. The average Bonchev–Trinajstić information content (AvgIpc) is 2.66. The van der Waals surface area contributed by atoms with Gasteiger partial charge in [-0.3, -0.25) is 4.90 Å². The number of piperidine rings is 1. The number of nitrogens with zero attached hydrogens (tertiary/aromatic N) is 1. The number of aliphatic hydroxyl groups excluding tert-OH is 1. The van der Waals surface area contributed by atoms with Crippen LogP contribution in [-0.2, 0) is 4.74 Å². The summed E-state index contributed by atoms with van der Waals surface area (Å²) in [6, 6.07) is 1.02. The first-order valence-corrected chi connectivity index (χ1v) is 4.33. The van der Waals surface area contributed by atoms with Crippen LogP contribution in [-0.4, -0.2) is 47.4 Å². The van der Waals surface area contributed by atoms with E-state index >= 15 is 0 Å². The van der Waals surface area contributed by atoms with Crippen LogP contribution in [0.25, 0.3) is 0 Å². The molecule has 1 N–H and O–H groups in total. The van der Waals surface area contributed by atoms with Gasteiger partial charge in [0, 0.05) is 12.1 Å². The Labute approximate surface area is 65.9 Å². The van der Waals surface area contributed by atoms with Gasteiger partial charge in [0.05, 0.1) is 6.10 Å². The molecule has 0 aromatic rings. The number of hydrogen-bond donors (Lipinski definition) is 1. The third-order valence-electron chi connectivity index (χ3n) is 3.39. The van der Waals surface area contributed by atoms with Crippen molar-refractivity contribution in [2.75, 3.05) is 7.05 Å². The van der Waals surface area contributed by atoms with E-state index in [1.54, 1.807) is 0 Å². The normalized spacial score (nSPS) is 61.1. The molecule has 3 aliphatic heterocycles. The standard InChI is InChI=1S/C8H13NO2/c1-9-5-2-4(10)3-6(9)8-7(5)11-8/h4-8,10H,2-3H2,1H3/t4-,5+,6-,7-,8+. The molecule has 3 nitrogen and oxygen atoms in total. The summed E-state index contributed by atoms with van der Waals surface area (Å²) >= 11 is 0. The quantitative estimate of drug-likeness (QED) is 0.483. The molecule has 11 heavy (non-hydrogen) atoms. The van der Waals surface area contributed by atoms with Crippen molar-refractivity contribution in [3.05, 3.63) is 0 Å². The smallest absolute Gasteiger partial charge is 0.101 e. The fourth-order valence-corrected chi connectivity index (χ4v) is 2.72. The Morgan fingerprint density at radius 2 is 1.82 bits per heavy atom. The lowest BCUT2D eigenvalue weighted by molar-refractivity contribution is 0.00149. The van der Waals surface area contributed by atoms with Crippen LogP contribution in [0, 0.1) is 0 Å². The van der Waals surface area contributed by atoms with E-state index in [9.17, 15) is 5.11 Å². The van der Waals surface area contributed by atoms with E-state index in [0.29, 0.717) is 24.3 Å². The molecule has 3 heterocycles. The number of aliphatic hydroxyl groups is 1. The molecule has 0 spiro atoms. The number of likely N-dealkylation sites (N-methyl/N-ethyl adjacent to an activating group) is 1. The maximum absolute atomic E-state index is 9.46. The molecule has 0 unspecified atom stereocenters. The van der Waals surface area contributed by atoms with Crippen LogP contribution in [0.15, 0.2) is 0 Å². The zero-order valence-electron chi connectivity index (χ0n) is 6.60. The fraction of sp³-hybridized carbons (Fsp3) is 1.00. The number of hydrogen-bond acceptors (Lipinski definition) is 3. The van der Waals surface area contributed by atoms with Gasteiger partial charge < -0.3 is 9.84 Å². The monoisotopic (exact) mass is 155 g/mol. The first kappa shape index (κ1) is 6.40. The molecule has 3 aliphatic rings. The predicted molar refractivity (Wildman–Crippen MR) is 39.2 cm³/mol. The first-order chi connectivity index (χ1) is 5.27. The Bertz CT molecular complexity index is 179. The lowest BCUT2D eigenvalue weighted by Crippen LogP contribution is -2.46. The fourth-order valence-electron chi connectivity index (χ4n) is 2.72. The van der Waals surface area contributed by atoms with Gasteiger partial charge in [-0.05, 0) is 19.9 Å². The third kappa shape index (κ3) is 0.687. The van der Waals surface area contributed by atoms with Crippen LogP contribution < -0.4 is 0 Å². The van der Waals surface area contributed by atoms with E-state index in [1.165, 1.54) is 0 Å². The van der Waals surface area contributed by atoms with Crippen LogP contribution in [0.5, 0.6) is 0 Å². The highest BCUT2D eigenvalue weighted by molar-refractivity contribution is 5.13. The molecule has 3 heteroatoms. The molecule has 3 saturated heterocycles. The number of epoxide rings is 1. The molecule has 3 rings (SSSR count). The highest BCUT2D eigenvalue weighted by Gasteiger charge is 2.62. The van der Waals surface area contributed by atoms with E-state index in [-0.39, 0.29) is 6.10 Å². The molecule has 62 valence electrons. The van der Waals surface area contributed by atoms with Crippen LogP contribution in [0.4, 0.5) is 0 Å². The maximum Gasteiger partial charge on any atom is 0.101 e. The largest absolute Gasteiger partial charge is 0.393 e. The zero-order chi connectivity index (χ0) is 7.59. The minimum absolute atomic E-state index is 0.0717. The van der Waals surface area contributed by atoms with E-state index in [1.807, 2.05) is 0 Å². The summed E-state index contributed by atoms with van der Waals surface area (Å²) in [5.41, 5.74) is 0. The van der Waals surface area contributed by atoms with Gasteiger partial charge in [0.25, 0.3) is 0 Å². The number of ether oxygens (including phenoxy) is 1. The second kappa shape index (κ2) is 1.79. The average molecular weight is 155 g/mol. The topological polar surface area (TPSA) is 36.0 Å². The minimum atomic E-state index is -0.0717. The summed E-state index contributed by atoms with van der Waals surface area (Å²) in [4.78, 5) is 2.38. The van der Waals surface area contributed by atoms with Crippen LogP contribution in [0.2, 0.25) is 0 Å². The molecule has 3 fully saturated rings. The van der Waals surface area contributed by atoms with Gasteiger partial charge in [0.2, 0.25) is 0 Å². The Morgan fingerprint density at radius 3 is 2.36 bits per heavy atom. The number of morpholine rings is 1. The molecule has 5 atom stereocenters. The lowest BCUT2D eigenvalue weighted by Gasteiger charge is -2.36. The number of fused-ring (bicyclic) bond motifs is 5. The predicted octanol–water partition coefficient (Wildman–Crippen LogP) is -0.409. The number of rotatable bonds is 0. The second-order valence-electron chi connectivity index (χ2n) is 3.99. The molecule has 0 saturated carbocycles. The van der Waals surface area contributed by atoms with Crippen molar-refractivity contribution in [1.29, 1.82) is 0 Å². The molecule has 0 radical (unpaired) electrons. The van der Waals surface area contributed by atoms with Crippen LogP contribution in [0.3, 0.4) is 0 Å². The molecular weight excluding hydrogens is 142 g/mol. The third-order valence-corrected chi connectivity index (χ3v) is 3.39.